The second kappa shape index (κ2) is 5.75. The zero-order valence-corrected chi connectivity index (χ0v) is 9.65. The molecular formula is C10H15ClF3NO. The predicted molar refractivity (Wildman–Crippen MR) is 55.3 cm³/mol. The highest BCUT2D eigenvalue weighted by Gasteiger charge is 2.30. The van der Waals surface area contributed by atoms with Crippen molar-refractivity contribution in [3.05, 3.63) is 0 Å². The molecule has 0 aromatic carbocycles. The smallest absolute Gasteiger partial charge is 0.342 e. The Bertz CT molecular complexity index is 245. The Morgan fingerprint density at radius 2 is 2.12 bits per heavy atom. The summed E-state index contributed by atoms with van der Waals surface area (Å²) in [5, 5.41) is 0. The molecule has 94 valence electrons. The number of carbonyl (C=O) groups excluding carboxylic acids is 1. The van der Waals surface area contributed by atoms with Crippen molar-refractivity contribution in [2.24, 2.45) is 5.92 Å². The summed E-state index contributed by atoms with van der Waals surface area (Å²) in [5.41, 5.74) is 0. The van der Waals surface area contributed by atoms with Gasteiger partial charge in [0.2, 0.25) is 5.91 Å². The number of nitrogens with zero attached hydrogens (tertiary/aromatic N) is 1. The summed E-state index contributed by atoms with van der Waals surface area (Å²) in [7, 11) is 0. The predicted octanol–water partition coefficient (Wildman–Crippen LogP) is 2.81. The molecule has 0 bridgehead atoms. The van der Waals surface area contributed by atoms with Gasteiger partial charge in [-0.05, 0) is 18.8 Å². The Kier molecular flexibility index (Phi) is 4.89. The van der Waals surface area contributed by atoms with Crippen LogP contribution in [-0.4, -0.2) is 36.0 Å². The lowest BCUT2D eigenvalue weighted by molar-refractivity contribution is -0.150. The van der Waals surface area contributed by atoms with Crippen molar-refractivity contribution in [3.8, 4) is 0 Å². The summed E-state index contributed by atoms with van der Waals surface area (Å²) in [6, 6.07) is 0. The van der Waals surface area contributed by atoms with Crippen LogP contribution in [0, 0.1) is 5.92 Å². The monoisotopic (exact) mass is 257 g/mol. The second-order valence-corrected chi connectivity index (χ2v) is 4.43. The van der Waals surface area contributed by atoms with Gasteiger partial charge in [0.05, 0.1) is 6.42 Å². The zero-order chi connectivity index (χ0) is 12.2. The van der Waals surface area contributed by atoms with Crippen molar-refractivity contribution in [1.82, 2.24) is 4.90 Å². The molecule has 1 heterocycles. The molecule has 1 aliphatic heterocycles. The fraction of sp³-hybridized carbons (Fsp3) is 0.900. The second-order valence-electron chi connectivity index (χ2n) is 4.12. The summed E-state index contributed by atoms with van der Waals surface area (Å²) in [4.78, 5) is 13.0. The van der Waals surface area contributed by atoms with E-state index < -0.39 is 24.9 Å². The first-order valence-corrected chi connectivity index (χ1v) is 5.86. The van der Waals surface area contributed by atoms with Gasteiger partial charge in [-0.3, -0.25) is 4.79 Å². The number of piperidine rings is 1. The van der Waals surface area contributed by atoms with Crippen LogP contribution in [0.25, 0.3) is 0 Å². The number of hydrogen-bond donors (Lipinski definition) is 0. The van der Waals surface area contributed by atoms with Gasteiger partial charge in [0.15, 0.2) is 0 Å². The van der Waals surface area contributed by atoms with Gasteiger partial charge < -0.3 is 4.90 Å². The highest BCUT2D eigenvalue weighted by Crippen LogP contribution is 2.23. The van der Waals surface area contributed by atoms with Crippen LogP contribution in [0.4, 0.5) is 13.2 Å². The number of likely N-dealkylation sites (tertiary alicyclic amines) is 1. The van der Waals surface area contributed by atoms with Gasteiger partial charge in [0, 0.05) is 25.4 Å². The van der Waals surface area contributed by atoms with Crippen LogP contribution in [0.1, 0.15) is 25.7 Å². The molecule has 0 saturated carbocycles. The van der Waals surface area contributed by atoms with Crippen molar-refractivity contribution in [3.63, 3.8) is 0 Å². The third-order valence-electron chi connectivity index (χ3n) is 2.71. The van der Waals surface area contributed by atoms with E-state index in [0.29, 0.717) is 19.0 Å². The molecular weight excluding hydrogens is 243 g/mol. The molecule has 1 unspecified atom stereocenters. The fourth-order valence-corrected chi connectivity index (χ4v) is 2.08. The van der Waals surface area contributed by atoms with Crippen molar-refractivity contribution in [1.29, 1.82) is 0 Å². The molecule has 0 aromatic rings. The Hall–Kier alpha value is -0.450. The zero-order valence-electron chi connectivity index (χ0n) is 8.89. The molecule has 2 nitrogen and oxygen atoms in total. The standard InChI is InChI=1S/C10H15ClF3NO/c11-6-8-2-1-5-15(7-8)9(16)3-4-10(12,13)14/h8H,1-7H2. The third-order valence-corrected chi connectivity index (χ3v) is 3.15. The molecule has 1 rings (SSSR count). The van der Waals surface area contributed by atoms with Gasteiger partial charge in [0.25, 0.3) is 0 Å². The molecule has 1 saturated heterocycles. The van der Waals surface area contributed by atoms with Crippen molar-refractivity contribution < 1.29 is 18.0 Å². The molecule has 6 heteroatoms. The van der Waals surface area contributed by atoms with E-state index in [1.54, 1.807) is 0 Å². The van der Waals surface area contributed by atoms with E-state index in [1.165, 1.54) is 4.90 Å². The van der Waals surface area contributed by atoms with Crippen molar-refractivity contribution in [2.45, 2.75) is 31.9 Å². The molecule has 0 radical (unpaired) electrons. The summed E-state index contributed by atoms with van der Waals surface area (Å²) in [5.74, 6) is 0.278. The van der Waals surface area contributed by atoms with Crippen LogP contribution in [0.2, 0.25) is 0 Å². The van der Waals surface area contributed by atoms with Crippen LogP contribution < -0.4 is 0 Å². The maximum Gasteiger partial charge on any atom is 0.389 e. The number of halogens is 4. The van der Waals surface area contributed by atoms with Gasteiger partial charge in [-0.1, -0.05) is 0 Å². The third kappa shape index (κ3) is 4.60. The quantitative estimate of drug-likeness (QED) is 0.712. The van der Waals surface area contributed by atoms with E-state index in [9.17, 15) is 18.0 Å². The lowest BCUT2D eigenvalue weighted by Gasteiger charge is -2.32. The van der Waals surface area contributed by atoms with Crippen LogP contribution >= 0.6 is 11.6 Å². The van der Waals surface area contributed by atoms with Crippen molar-refractivity contribution in [2.75, 3.05) is 19.0 Å². The van der Waals surface area contributed by atoms with Gasteiger partial charge in [-0.2, -0.15) is 13.2 Å². The summed E-state index contributed by atoms with van der Waals surface area (Å²) in [6.45, 7) is 1.06. The maximum absolute atomic E-state index is 11.9. The first-order valence-electron chi connectivity index (χ1n) is 5.33. The average Bonchev–Trinajstić information content (AvgIpc) is 2.25. The minimum absolute atomic E-state index is 0.227. The minimum Gasteiger partial charge on any atom is -0.342 e. The first-order chi connectivity index (χ1) is 7.42. The summed E-state index contributed by atoms with van der Waals surface area (Å²) < 4.78 is 35.8. The lowest BCUT2D eigenvalue weighted by atomic mass is 10.00. The number of alkyl halides is 4. The maximum atomic E-state index is 11.9. The molecule has 0 aliphatic carbocycles. The van der Waals surface area contributed by atoms with E-state index in [0.717, 1.165) is 12.8 Å². The Labute approximate surface area is 97.7 Å². The minimum atomic E-state index is -4.25. The van der Waals surface area contributed by atoms with Crippen molar-refractivity contribution >= 4 is 17.5 Å². The van der Waals surface area contributed by atoms with E-state index in [-0.39, 0.29) is 5.92 Å². The highest BCUT2D eigenvalue weighted by molar-refractivity contribution is 6.18. The van der Waals surface area contributed by atoms with Crippen LogP contribution in [0.15, 0.2) is 0 Å². The Morgan fingerprint density at radius 3 is 2.69 bits per heavy atom. The fourth-order valence-electron chi connectivity index (χ4n) is 1.82. The Morgan fingerprint density at radius 1 is 1.44 bits per heavy atom. The van der Waals surface area contributed by atoms with E-state index >= 15 is 0 Å². The normalized spacial score (nSPS) is 22.2. The molecule has 1 amide bonds. The largest absolute Gasteiger partial charge is 0.389 e. The van der Waals surface area contributed by atoms with Crippen LogP contribution in [-0.2, 0) is 4.79 Å². The van der Waals surface area contributed by atoms with E-state index in [1.807, 2.05) is 0 Å². The van der Waals surface area contributed by atoms with Crippen LogP contribution in [0.5, 0.6) is 0 Å². The molecule has 0 spiro atoms. The topological polar surface area (TPSA) is 20.3 Å². The van der Waals surface area contributed by atoms with E-state index in [4.69, 9.17) is 11.6 Å². The van der Waals surface area contributed by atoms with Gasteiger partial charge in [0.1, 0.15) is 0 Å². The van der Waals surface area contributed by atoms with E-state index in [2.05, 4.69) is 0 Å². The lowest BCUT2D eigenvalue weighted by Crippen LogP contribution is -2.40. The summed E-state index contributed by atoms with van der Waals surface area (Å²) >= 11 is 5.68. The number of hydrogen-bond acceptors (Lipinski definition) is 1. The van der Waals surface area contributed by atoms with Gasteiger partial charge in [-0.25, -0.2) is 0 Å². The SMILES string of the molecule is O=C(CCC(F)(F)F)N1CCCC(CCl)C1. The Balaban J connectivity index is 2.36. The van der Waals surface area contributed by atoms with Gasteiger partial charge in [-0.15, -0.1) is 11.6 Å². The highest BCUT2D eigenvalue weighted by atomic mass is 35.5. The molecule has 0 N–H and O–H groups in total. The average molecular weight is 258 g/mol. The first kappa shape index (κ1) is 13.6. The molecule has 16 heavy (non-hydrogen) atoms. The summed E-state index contributed by atoms with van der Waals surface area (Å²) in [6.07, 6.45) is -3.95. The van der Waals surface area contributed by atoms with Crippen LogP contribution in [0.3, 0.4) is 0 Å². The molecule has 1 atom stereocenters. The number of amides is 1. The number of rotatable bonds is 3. The molecule has 0 aromatic heterocycles. The van der Waals surface area contributed by atoms with Gasteiger partial charge >= 0.3 is 6.18 Å². The molecule has 1 fully saturated rings. The molecule has 1 aliphatic rings. The number of carbonyl (C=O) groups is 1.